The van der Waals surface area contributed by atoms with Crippen molar-refractivity contribution in [1.82, 2.24) is 10.2 Å². The Labute approximate surface area is 167 Å². The zero-order valence-corrected chi connectivity index (χ0v) is 16.0. The molecule has 4 amide bonds. The first kappa shape index (κ1) is 19.8. The summed E-state index contributed by atoms with van der Waals surface area (Å²) >= 11 is 0. The van der Waals surface area contributed by atoms with E-state index in [9.17, 15) is 18.4 Å². The molecule has 1 aliphatic carbocycles. The van der Waals surface area contributed by atoms with Crippen molar-refractivity contribution in [2.24, 2.45) is 10.9 Å². The minimum absolute atomic E-state index is 0.0891. The van der Waals surface area contributed by atoms with Gasteiger partial charge >= 0.3 is 12.1 Å². The molecule has 1 aromatic rings. The number of fused-ring (bicyclic) bond motifs is 1. The van der Waals surface area contributed by atoms with Gasteiger partial charge in [-0.2, -0.15) is 4.99 Å². The summed E-state index contributed by atoms with van der Waals surface area (Å²) in [5.74, 6) is -1.53. The number of halogens is 2. The normalized spacial score (nSPS) is 28.2. The van der Waals surface area contributed by atoms with E-state index in [1.165, 1.54) is 11.0 Å². The number of nitrogens with zero attached hydrogens (tertiary/aromatic N) is 2. The van der Waals surface area contributed by atoms with Gasteiger partial charge < -0.3 is 15.4 Å². The highest BCUT2D eigenvalue weighted by molar-refractivity contribution is 6.08. The van der Waals surface area contributed by atoms with E-state index >= 15 is 0 Å². The number of carbonyl (C=O) groups excluding carboxylic acids is 2. The van der Waals surface area contributed by atoms with Crippen LogP contribution in [0.5, 0.6) is 0 Å². The molecule has 0 aromatic heterocycles. The van der Waals surface area contributed by atoms with E-state index in [0.717, 1.165) is 50.7 Å². The summed E-state index contributed by atoms with van der Waals surface area (Å²) in [7, 11) is 0. The molecule has 3 atom stereocenters. The third kappa shape index (κ3) is 4.24. The first-order chi connectivity index (χ1) is 14.0. The van der Waals surface area contributed by atoms with Gasteiger partial charge in [-0.1, -0.05) is 18.9 Å². The Morgan fingerprint density at radius 1 is 1.21 bits per heavy atom. The molecule has 0 radical (unpaired) electrons. The molecular formula is C20H24F2N4O3. The van der Waals surface area contributed by atoms with Gasteiger partial charge in [0.2, 0.25) is 0 Å². The number of ether oxygens (including phenoxy) is 1. The standard InChI is InChI=1S/C20H24F2N4O3/c21-14-7-3-8-15(22)17(14)24-19(27)25-18-13-6-1-2-9-16(13)23-20(28)26(18)11-12-5-4-10-29-12/h3,7-8,12-13,16H,1-2,4-6,9-11H2,(H,23,28)(H,24,27)/b25-18+. The van der Waals surface area contributed by atoms with E-state index in [-0.39, 0.29) is 24.1 Å². The van der Waals surface area contributed by atoms with Crippen molar-refractivity contribution in [2.75, 3.05) is 18.5 Å². The second kappa shape index (κ2) is 8.44. The minimum atomic E-state index is -0.902. The lowest BCUT2D eigenvalue weighted by Gasteiger charge is -2.43. The highest BCUT2D eigenvalue weighted by Crippen LogP contribution is 2.31. The molecule has 3 unspecified atom stereocenters. The van der Waals surface area contributed by atoms with Crippen molar-refractivity contribution in [1.29, 1.82) is 0 Å². The number of hydrogen-bond donors (Lipinski definition) is 2. The summed E-state index contributed by atoms with van der Waals surface area (Å²) in [5.41, 5.74) is -0.548. The van der Waals surface area contributed by atoms with E-state index in [2.05, 4.69) is 15.6 Å². The number of aliphatic imine (C=N–C) groups is 1. The first-order valence-corrected chi connectivity index (χ1v) is 10.1. The number of amidine groups is 1. The summed E-state index contributed by atoms with van der Waals surface area (Å²) in [6, 6.07) is 2.02. The maximum Gasteiger partial charge on any atom is 0.347 e. The number of nitrogens with one attached hydrogen (secondary N) is 2. The fourth-order valence-electron chi connectivity index (χ4n) is 4.32. The number of para-hydroxylation sites is 1. The van der Waals surface area contributed by atoms with E-state index in [0.29, 0.717) is 19.0 Å². The van der Waals surface area contributed by atoms with Crippen LogP contribution in [0.1, 0.15) is 38.5 Å². The largest absolute Gasteiger partial charge is 0.376 e. The Morgan fingerprint density at radius 3 is 2.69 bits per heavy atom. The molecule has 1 aromatic carbocycles. The highest BCUT2D eigenvalue weighted by Gasteiger charge is 2.41. The van der Waals surface area contributed by atoms with Crippen LogP contribution < -0.4 is 10.6 Å². The van der Waals surface area contributed by atoms with Crippen LogP contribution in [-0.2, 0) is 4.74 Å². The van der Waals surface area contributed by atoms with E-state index in [1.807, 2.05) is 0 Å². The smallest absolute Gasteiger partial charge is 0.347 e. The lowest BCUT2D eigenvalue weighted by atomic mass is 9.82. The molecular weight excluding hydrogens is 382 g/mol. The Balaban J connectivity index is 1.60. The van der Waals surface area contributed by atoms with E-state index < -0.39 is 23.4 Å². The van der Waals surface area contributed by atoms with Gasteiger partial charge in [0.15, 0.2) is 0 Å². The number of carbonyl (C=O) groups is 2. The molecule has 2 saturated heterocycles. The molecule has 2 aliphatic heterocycles. The summed E-state index contributed by atoms with van der Waals surface area (Å²) in [6.45, 7) is 0.945. The van der Waals surface area contributed by atoms with Crippen LogP contribution in [0.15, 0.2) is 23.2 Å². The number of benzene rings is 1. The molecule has 2 heterocycles. The van der Waals surface area contributed by atoms with Gasteiger partial charge in [0.1, 0.15) is 23.2 Å². The third-order valence-corrected chi connectivity index (χ3v) is 5.75. The fourth-order valence-corrected chi connectivity index (χ4v) is 4.32. The molecule has 0 spiro atoms. The molecule has 156 valence electrons. The molecule has 29 heavy (non-hydrogen) atoms. The van der Waals surface area contributed by atoms with E-state index in [4.69, 9.17) is 4.74 Å². The van der Waals surface area contributed by atoms with Gasteiger partial charge in [-0.25, -0.2) is 18.4 Å². The number of rotatable bonds is 3. The lowest BCUT2D eigenvalue weighted by molar-refractivity contribution is 0.0897. The van der Waals surface area contributed by atoms with Gasteiger partial charge in [0, 0.05) is 18.6 Å². The Morgan fingerprint density at radius 2 is 1.97 bits per heavy atom. The predicted molar refractivity (Wildman–Crippen MR) is 103 cm³/mol. The van der Waals surface area contributed by atoms with Gasteiger partial charge in [-0.15, -0.1) is 0 Å². The van der Waals surface area contributed by atoms with Crippen molar-refractivity contribution in [2.45, 2.75) is 50.7 Å². The zero-order chi connectivity index (χ0) is 20.4. The quantitative estimate of drug-likeness (QED) is 0.804. The van der Waals surface area contributed by atoms with Crippen molar-refractivity contribution < 1.29 is 23.1 Å². The molecule has 0 bridgehead atoms. The molecule has 3 aliphatic rings. The Bertz CT molecular complexity index is 806. The zero-order valence-electron chi connectivity index (χ0n) is 16.0. The van der Waals surface area contributed by atoms with Crippen LogP contribution in [-0.4, -0.2) is 48.1 Å². The summed E-state index contributed by atoms with van der Waals surface area (Å²) in [4.78, 5) is 30.8. The van der Waals surface area contributed by atoms with Gasteiger partial charge in [-0.3, -0.25) is 4.90 Å². The molecule has 3 fully saturated rings. The molecule has 4 rings (SSSR count). The second-order valence-electron chi connectivity index (χ2n) is 7.69. The average Bonchev–Trinajstić information content (AvgIpc) is 3.21. The highest BCUT2D eigenvalue weighted by atomic mass is 19.1. The summed E-state index contributed by atoms with van der Waals surface area (Å²) < 4.78 is 33.4. The molecule has 1 saturated carbocycles. The maximum absolute atomic E-state index is 13.9. The van der Waals surface area contributed by atoms with Crippen LogP contribution in [0.2, 0.25) is 0 Å². The summed E-state index contributed by atoms with van der Waals surface area (Å²) in [5, 5.41) is 5.20. The molecule has 7 nitrogen and oxygen atoms in total. The van der Waals surface area contributed by atoms with Crippen LogP contribution >= 0.6 is 0 Å². The third-order valence-electron chi connectivity index (χ3n) is 5.75. The van der Waals surface area contributed by atoms with Crippen molar-refractivity contribution >= 4 is 23.6 Å². The fraction of sp³-hybridized carbons (Fsp3) is 0.550. The van der Waals surface area contributed by atoms with Gasteiger partial charge in [-0.05, 0) is 37.8 Å². The van der Waals surface area contributed by atoms with Crippen LogP contribution in [0.25, 0.3) is 0 Å². The predicted octanol–water partition coefficient (Wildman–Crippen LogP) is 3.66. The molecule has 2 N–H and O–H groups in total. The number of amides is 4. The van der Waals surface area contributed by atoms with Crippen molar-refractivity contribution in [3.63, 3.8) is 0 Å². The Hall–Kier alpha value is -2.55. The topological polar surface area (TPSA) is 83.0 Å². The van der Waals surface area contributed by atoms with E-state index in [1.54, 1.807) is 0 Å². The Kier molecular flexibility index (Phi) is 5.75. The number of hydrogen-bond acceptors (Lipinski definition) is 3. The minimum Gasteiger partial charge on any atom is -0.376 e. The van der Waals surface area contributed by atoms with Gasteiger partial charge in [0.25, 0.3) is 0 Å². The monoisotopic (exact) mass is 406 g/mol. The van der Waals surface area contributed by atoms with Crippen LogP contribution in [0.3, 0.4) is 0 Å². The second-order valence-corrected chi connectivity index (χ2v) is 7.69. The van der Waals surface area contributed by atoms with Gasteiger partial charge in [0.05, 0.1) is 12.6 Å². The first-order valence-electron chi connectivity index (χ1n) is 10.1. The molecule has 9 heteroatoms. The average molecular weight is 406 g/mol. The van der Waals surface area contributed by atoms with Crippen molar-refractivity contribution in [3.05, 3.63) is 29.8 Å². The number of anilines is 1. The SMILES string of the molecule is O=C(/N=C1\C2CCCCC2NC(=O)N1CC1CCCO1)Nc1c(F)cccc1F. The van der Waals surface area contributed by atoms with Crippen molar-refractivity contribution in [3.8, 4) is 0 Å². The van der Waals surface area contributed by atoms with Crippen LogP contribution in [0, 0.1) is 17.6 Å². The number of urea groups is 2. The maximum atomic E-state index is 13.9. The van der Waals surface area contributed by atoms with Crippen LogP contribution in [0.4, 0.5) is 24.1 Å². The lowest BCUT2D eigenvalue weighted by Crippen LogP contribution is -2.62. The summed E-state index contributed by atoms with van der Waals surface area (Å²) in [6.07, 6.45) is 5.20.